The second-order valence-corrected chi connectivity index (χ2v) is 5.61. The Morgan fingerprint density at radius 1 is 0.789 bits per heavy atom. The Hall–Kier alpha value is -1.68. The van der Waals surface area contributed by atoms with Crippen LogP contribution in [-0.4, -0.2) is 5.78 Å². The Labute approximate surface area is 125 Å². The third-order valence-corrected chi connectivity index (χ3v) is 3.86. The van der Waals surface area contributed by atoms with Crippen molar-refractivity contribution in [3.8, 4) is 0 Å². The monoisotopic (exact) mass is 358 g/mol. The predicted octanol–water partition coefficient (Wildman–Crippen LogP) is 4.68. The van der Waals surface area contributed by atoms with Crippen molar-refractivity contribution < 1.29 is 4.79 Å². The summed E-state index contributed by atoms with van der Waals surface area (Å²) in [4.78, 5) is 12.6. The smallest absolute Gasteiger partial charge is 0.193 e. The molecule has 0 spiro atoms. The third-order valence-electron chi connectivity index (χ3n) is 3.14. The van der Waals surface area contributed by atoms with Crippen molar-refractivity contribution in [1.82, 2.24) is 0 Å². The molecule has 3 aromatic carbocycles. The van der Waals surface area contributed by atoms with E-state index in [9.17, 15) is 4.79 Å². The lowest BCUT2D eigenvalue weighted by atomic mass is 9.97. The molecule has 0 amide bonds. The molecule has 19 heavy (non-hydrogen) atoms. The molecular weight excluding hydrogens is 347 g/mol. The van der Waals surface area contributed by atoms with Gasteiger partial charge in [0, 0.05) is 14.7 Å². The van der Waals surface area contributed by atoms with Crippen LogP contribution < -0.4 is 0 Å². The highest BCUT2D eigenvalue weighted by atomic mass is 127. The van der Waals surface area contributed by atoms with E-state index in [2.05, 4.69) is 22.6 Å². The van der Waals surface area contributed by atoms with Crippen molar-refractivity contribution in [3.05, 3.63) is 81.4 Å². The molecule has 92 valence electrons. The largest absolute Gasteiger partial charge is 0.289 e. The molecule has 0 aliphatic rings. The number of benzene rings is 3. The number of hydrogen-bond donors (Lipinski definition) is 0. The van der Waals surface area contributed by atoms with Crippen molar-refractivity contribution >= 4 is 39.1 Å². The van der Waals surface area contributed by atoms with Gasteiger partial charge in [-0.15, -0.1) is 0 Å². The van der Waals surface area contributed by atoms with Crippen LogP contribution in [0, 0.1) is 3.57 Å². The lowest BCUT2D eigenvalue weighted by molar-refractivity contribution is 0.104. The van der Waals surface area contributed by atoms with Gasteiger partial charge >= 0.3 is 0 Å². The van der Waals surface area contributed by atoms with Gasteiger partial charge < -0.3 is 0 Å². The highest BCUT2D eigenvalue weighted by molar-refractivity contribution is 14.1. The Kier molecular flexibility index (Phi) is 3.34. The van der Waals surface area contributed by atoms with E-state index >= 15 is 0 Å². The van der Waals surface area contributed by atoms with Crippen molar-refractivity contribution in [2.45, 2.75) is 0 Å². The number of fused-ring (bicyclic) bond motifs is 1. The minimum atomic E-state index is 0.0770. The molecule has 0 N–H and O–H groups in total. The van der Waals surface area contributed by atoms with Crippen molar-refractivity contribution in [3.63, 3.8) is 0 Å². The first-order chi connectivity index (χ1) is 9.25. The SMILES string of the molecule is O=C(c1ccc(I)cc1)c1cccc2ccccc12. The summed E-state index contributed by atoms with van der Waals surface area (Å²) in [5.41, 5.74) is 1.50. The van der Waals surface area contributed by atoms with Crippen LogP contribution in [-0.2, 0) is 0 Å². The van der Waals surface area contributed by atoms with Gasteiger partial charge in [-0.05, 0) is 57.6 Å². The summed E-state index contributed by atoms with van der Waals surface area (Å²) in [6.45, 7) is 0. The van der Waals surface area contributed by atoms with E-state index < -0.39 is 0 Å². The van der Waals surface area contributed by atoms with Gasteiger partial charge in [0.05, 0.1) is 0 Å². The zero-order valence-corrected chi connectivity index (χ0v) is 12.3. The Morgan fingerprint density at radius 2 is 1.47 bits per heavy atom. The maximum absolute atomic E-state index is 12.6. The number of hydrogen-bond acceptors (Lipinski definition) is 1. The van der Waals surface area contributed by atoms with E-state index in [0.717, 1.165) is 25.5 Å². The molecule has 0 saturated heterocycles. The van der Waals surface area contributed by atoms with Crippen LogP contribution in [0.15, 0.2) is 66.7 Å². The van der Waals surface area contributed by atoms with Crippen molar-refractivity contribution in [2.75, 3.05) is 0 Å². The zero-order valence-electron chi connectivity index (χ0n) is 10.1. The molecule has 3 rings (SSSR count). The summed E-state index contributed by atoms with van der Waals surface area (Å²) in [5, 5.41) is 2.10. The quantitative estimate of drug-likeness (QED) is 0.480. The van der Waals surface area contributed by atoms with E-state index in [1.165, 1.54) is 0 Å². The first-order valence-corrected chi connectivity index (χ1v) is 7.11. The average molecular weight is 358 g/mol. The normalized spacial score (nSPS) is 10.6. The van der Waals surface area contributed by atoms with E-state index in [4.69, 9.17) is 0 Å². The summed E-state index contributed by atoms with van der Waals surface area (Å²) in [6.07, 6.45) is 0. The summed E-state index contributed by atoms with van der Waals surface area (Å²) in [5.74, 6) is 0.0770. The van der Waals surface area contributed by atoms with E-state index in [1.54, 1.807) is 0 Å². The van der Waals surface area contributed by atoms with E-state index in [-0.39, 0.29) is 5.78 Å². The van der Waals surface area contributed by atoms with Gasteiger partial charge in [-0.3, -0.25) is 4.79 Å². The van der Waals surface area contributed by atoms with Crippen LogP contribution >= 0.6 is 22.6 Å². The number of carbonyl (C=O) groups is 1. The standard InChI is InChI=1S/C17H11IO/c18-14-10-8-13(9-11-14)17(19)16-7-3-5-12-4-1-2-6-15(12)16/h1-11H. The lowest BCUT2D eigenvalue weighted by Gasteiger charge is -2.06. The van der Waals surface area contributed by atoms with Crippen molar-refractivity contribution in [1.29, 1.82) is 0 Å². The Balaban J connectivity index is 2.14. The molecule has 0 aliphatic carbocycles. The molecule has 3 aromatic rings. The fourth-order valence-electron chi connectivity index (χ4n) is 2.18. The predicted molar refractivity (Wildman–Crippen MR) is 86.5 cm³/mol. The molecule has 0 atom stereocenters. The van der Waals surface area contributed by atoms with Gasteiger partial charge in [-0.25, -0.2) is 0 Å². The molecule has 0 unspecified atom stereocenters. The van der Waals surface area contributed by atoms with E-state index in [0.29, 0.717) is 0 Å². The van der Waals surface area contributed by atoms with E-state index in [1.807, 2.05) is 66.7 Å². The fraction of sp³-hybridized carbons (Fsp3) is 0. The molecular formula is C17H11IO. The van der Waals surface area contributed by atoms with Crippen LogP contribution in [0.25, 0.3) is 10.8 Å². The number of rotatable bonds is 2. The molecule has 0 fully saturated rings. The lowest BCUT2D eigenvalue weighted by Crippen LogP contribution is -2.01. The zero-order chi connectivity index (χ0) is 13.2. The summed E-state index contributed by atoms with van der Waals surface area (Å²) >= 11 is 2.24. The second kappa shape index (κ2) is 5.13. The molecule has 0 aliphatic heterocycles. The molecule has 0 saturated carbocycles. The van der Waals surface area contributed by atoms with Crippen LogP contribution in [0.3, 0.4) is 0 Å². The second-order valence-electron chi connectivity index (χ2n) is 4.36. The highest BCUT2D eigenvalue weighted by Gasteiger charge is 2.11. The molecule has 0 bridgehead atoms. The van der Waals surface area contributed by atoms with Crippen LogP contribution in [0.4, 0.5) is 0 Å². The van der Waals surface area contributed by atoms with Gasteiger partial charge in [-0.2, -0.15) is 0 Å². The molecule has 0 aromatic heterocycles. The highest BCUT2D eigenvalue weighted by Crippen LogP contribution is 2.21. The maximum Gasteiger partial charge on any atom is 0.193 e. The first-order valence-electron chi connectivity index (χ1n) is 6.04. The van der Waals surface area contributed by atoms with Crippen molar-refractivity contribution in [2.24, 2.45) is 0 Å². The molecule has 0 heterocycles. The van der Waals surface area contributed by atoms with Gasteiger partial charge in [0.2, 0.25) is 0 Å². The molecule has 0 radical (unpaired) electrons. The minimum Gasteiger partial charge on any atom is -0.289 e. The maximum atomic E-state index is 12.6. The Bertz CT molecular complexity index is 739. The summed E-state index contributed by atoms with van der Waals surface area (Å²) in [7, 11) is 0. The minimum absolute atomic E-state index is 0.0770. The van der Waals surface area contributed by atoms with Gasteiger partial charge in [0.1, 0.15) is 0 Å². The van der Waals surface area contributed by atoms with Crippen LogP contribution in [0.1, 0.15) is 15.9 Å². The average Bonchev–Trinajstić information content (AvgIpc) is 2.47. The van der Waals surface area contributed by atoms with Crippen LogP contribution in [0.2, 0.25) is 0 Å². The fourth-order valence-corrected chi connectivity index (χ4v) is 2.54. The van der Waals surface area contributed by atoms with Gasteiger partial charge in [0.25, 0.3) is 0 Å². The summed E-state index contributed by atoms with van der Waals surface area (Å²) < 4.78 is 1.13. The Morgan fingerprint density at radius 3 is 2.26 bits per heavy atom. The van der Waals surface area contributed by atoms with Crippen LogP contribution in [0.5, 0.6) is 0 Å². The summed E-state index contributed by atoms with van der Waals surface area (Å²) in [6, 6.07) is 21.5. The number of halogens is 1. The molecule has 2 heteroatoms. The third kappa shape index (κ3) is 2.40. The molecule has 1 nitrogen and oxygen atoms in total. The first kappa shape index (κ1) is 12.4. The van der Waals surface area contributed by atoms with Gasteiger partial charge in [0.15, 0.2) is 5.78 Å². The number of ketones is 1. The van der Waals surface area contributed by atoms with Gasteiger partial charge in [-0.1, -0.05) is 42.5 Å². The number of carbonyl (C=O) groups excluding carboxylic acids is 1. The topological polar surface area (TPSA) is 17.1 Å².